The summed E-state index contributed by atoms with van der Waals surface area (Å²) in [5, 5.41) is 23.2. The third-order valence-corrected chi connectivity index (χ3v) is 8.66. The Balaban J connectivity index is 1.18. The first-order valence-electron chi connectivity index (χ1n) is 14.4. The summed E-state index contributed by atoms with van der Waals surface area (Å²) in [6, 6.07) is 8.63. The van der Waals surface area contributed by atoms with Gasteiger partial charge in [-0.15, -0.1) is 0 Å². The number of aromatic amines is 1. The molecule has 1 aromatic carbocycles. The van der Waals surface area contributed by atoms with Crippen molar-refractivity contribution in [2.24, 2.45) is 4.99 Å². The number of imidazole rings is 1. The van der Waals surface area contributed by atoms with Crippen molar-refractivity contribution in [1.82, 2.24) is 24.8 Å². The van der Waals surface area contributed by atoms with Crippen molar-refractivity contribution < 1.29 is 10.2 Å². The fraction of sp³-hybridized carbons (Fsp3) is 0.419. The summed E-state index contributed by atoms with van der Waals surface area (Å²) in [7, 11) is 0. The third-order valence-electron chi connectivity index (χ3n) is 8.66. The fourth-order valence-electron chi connectivity index (χ4n) is 6.38. The maximum atomic E-state index is 9.98. The predicted octanol–water partition coefficient (Wildman–Crippen LogP) is 4.22. The van der Waals surface area contributed by atoms with Crippen molar-refractivity contribution in [2.75, 3.05) is 25.1 Å². The van der Waals surface area contributed by atoms with E-state index in [2.05, 4.69) is 49.4 Å². The standard InChI is InChI=1S/C31H35N7O2/c39-23-4-1-20(2-5-23)26-15-33-16-28-29(26)37-31(36-28)30-25-12-21(3-6-27(25)34-18-35-30)22-11-19(13-32-14-22)17-38-9-7-24(40)8-10-38/h3,6,11-16,20,23-24,34,39-40H,1-2,4-5,7-10,17-18H2,(H,36,37). The number of aliphatic hydroxyl groups is 2. The van der Waals surface area contributed by atoms with E-state index in [-0.39, 0.29) is 12.2 Å². The van der Waals surface area contributed by atoms with Crippen LogP contribution >= 0.6 is 0 Å². The Kier molecular flexibility index (Phi) is 6.79. The number of nitrogens with zero attached hydrogens (tertiary/aromatic N) is 5. The van der Waals surface area contributed by atoms with Crippen LogP contribution in [-0.2, 0) is 6.54 Å². The van der Waals surface area contributed by atoms with E-state index in [0.29, 0.717) is 12.6 Å². The van der Waals surface area contributed by atoms with E-state index in [1.165, 1.54) is 5.56 Å². The highest BCUT2D eigenvalue weighted by atomic mass is 16.3. The molecule has 1 saturated heterocycles. The van der Waals surface area contributed by atoms with Gasteiger partial charge in [0, 0.05) is 60.6 Å². The summed E-state index contributed by atoms with van der Waals surface area (Å²) in [6.07, 6.45) is 12.5. The summed E-state index contributed by atoms with van der Waals surface area (Å²) < 4.78 is 0. The topological polar surface area (TPSA) is 123 Å². The number of aliphatic imine (C=N–C) groups is 1. The largest absolute Gasteiger partial charge is 0.393 e. The molecule has 3 aromatic heterocycles. The first-order chi connectivity index (χ1) is 19.6. The number of piperidine rings is 1. The molecule has 9 heteroatoms. The summed E-state index contributed by atoms with van der Waals surface area (Å²) in [5.41, 5.74) is 9.22. The number of aromatic nitrogens is 4. The van der Waals surface area contributed by atoms with Crippen LogP contribution in [0.3, 0.4) is 0 Å². The van der Waals surface area contributed by atoms with Gasteiger partial charge in [-0.3, -0.25) is 19.9 Å². The molecule has 0 bridgehead atoms. The summed E-state index contributed by atoms with van der Waals surface area (Å²) >= 11 is 0. The second-order valence-corrected chi connectivity index (χ2v) is 11.4. The van der Waals surface area contributed by atoms with E-state index in [1.54, 1.807) is 0 Å². The normalized spacial score (nSPS) is 22.1. The summed E-state index contributed by atoms with van der Waals surface area (Å²) in [6.45, 7) is 3.15. The van der Waals surface area contributed by atoms with Crippen LogP contribution in [0.15, 0.2) is 54.0 Å². The molecule has 1 aliphatic carbocycles. The molecule has 0 spiro atoms. The van der Waals surface area contributed by atoms with Gasteiger partial charge in [-0.1, -0.05) is 6.07 Å². The molecule has 2 fully saturated rings. The van der Waals surface area contributed by atoms with Crippen LogP contribution in [0.2, 0.25) is 0 Å². The Morgan fingerprint density at radius 2 is 1.65 bits per heavy atom. The Hall–Kier alpha value is -3.66. The van der Waals surface area contributed by atoms with Gasteiger partial charge in [0.1, 0.15) is 12.4 Å². The molecule has 7 rings (SSSR count). The molecule has 1 saturated carbocycles. The number of rotatable bonds is 5. The number of fused-ring (bicyclic) bond motifs is 2. The Morgan fingerprint density at radius 3 is 2.50 bits per heavy atom. The van der Waals surface area contributed by atoms with Crippen LogP contribution in [0, 0.1) is 0 Å². The zero-order valence-electron chi connectivity index (χ0n) is 22.6. The maximum Gasteiger partial charge on any atom is 0.157 e. The lowest BCUT2D eigenvalue weighted by Crippen LogP contribution is -2.35. The molecule has 4 N–H and O–H groups in total. The molecule has 4 aromatic rings. The van der Waals surface area contributed by atoms with Gasteiger partial charge in [-0.2, -0.15) is 0 Å². The van der Waals surface area contributed by atoms with Crippen molar-refractivity contribution in [3.05, 3.63) is 71.6 Å². The second-order valence-electron chi connectivity index (χ2n) is 11.4. The van der Waals surface area contributed by atoms with Crippen LogP contribution in [0.1, 0.15) is 67.0 Å². The molecule has 40 heavy (non-hydrogen) atoms. The van der Waals surface area contributed by atoms with Crippen molar-refractivity contribution in [3.8, 4) is 11.1 Å². The first-order valence-corrected chi connectivity index (χ1v) is 14.4. The third kappa shape index (κ3) is 5.00. The zero-order chi connectivity index (χ0) is 27.1. The predicted molar refractivity (Wildman–Crippen MR) is 155 cm³/mol. The number of likely N-dealkylation sites (tertiary alicyclic amines) is 1. The SMILES string of the molecule is OC1CCC(c2cncc3[nH]c(C4=NCNc5ccc(-c6cncc(CN7CCC(O)CC7)c6)cc54)nc23)CC1. The van der Waals surface area contributed by atoms with E-state index in [1.807, 2.05) is 24.8 Å². The van der Waals surface area contributed by atoms with Gasteiger partial charge in [-0.25, -0.2) is 4.98 Å². The molecular formula is C31H35N7O2. The number of aliphatic hydroxyl groups excluding tert-OH is 2. The number of hydrogen-bond acceptors (Lipinski definition) is 8. The van der Waals surface area contributed by atoms with E-state index >= 15 is 0 Å². The summed E-state index contributed by atoms with van der Waals surface area (Å²) in [4.78, 5) is 24.8. The summed E-state index contributed by atoms with van der Waals surface area (Å²) in [5.74, 6) is 1.11. The lowest BCUT2D eigenvalue weighted by atomic mass is 9.83. The van der Waals surface area contributed by atoms with Gasteiger partial charge in [0.25, 0.3) is 0 Å². The van der Waals surface area contributed by atoms with Gasteiger partial charge >= 0.3 is 0 Å². The second kappa shape index (κ2) is 10.7. The van der Waals surface area contributed by atoms with E-state index in [4.69, 9.17) is 9.98 Å². The van der Waals surface area contributed by atoms with Crippen LogP contribution in [-0.4, -0.2) is 72.7 Å². The molecule has 0 amide bonds. The van der Waals surface area contributed by atoms with E-state index < -0.39 is 0 Å². The van der Waals surface area contributed by atoms with Crippen molar-refractivity contribution in [3.63, 3.8) is 0 Å². The lowest BCUT2D eigenvalue weighted by Gasteiger charge is -2.29. The van der Waals surface area contributed by atoms with Crippen LogP contribution in [0.25, 0.3) is 22.2 Å². The number of anilines is 1. The highest BCUT2D eigenvalue weighted by Gasteiger charge is 2.26. The van der Waals surface area contributed by atoms with Crippen LogP contribution in [0.5, 0.6) is 0 Å². The van der Waals surface area contributed by atoms with E-state index in [0.717, 1.165) is 109 Å². The minimum Gasteiger partial charge on any atom is -0.393 e. The van der Waals surface area contributed by atoms with Gasteiger partial charge in [0.2, 0.25) is 0 Å². The minimum atomic E-state index is -0.192. The Labute approximate surface area is 233 Å². The number of pyridine rings is 2. The zero-order valence-corrected chi connectivity index (χ0v) is 22.6. The number of hydrogen-bond donors (Lipinski definition) is 4. The van der Waals surface area contributed by atoms with Crippen molar-refractivity contribution in [1.29, 1.82) is 0 Å². The van der Waals surface area contributed by atoms with Gasteiger partial charge in [0.15, 0.2) is 5.82 Å². The fourth-order valence-corrected chi connectivity index (χ4v) is 6.38. The van der Waals surface area contributed by atoms with Gasteiger partial charge in [0.05, 0.1) is 29.4 Å². The number of benzene rings is 1. The minimum absolute atomic E-state index is 0.170. The average molecular weight is 538 g/mol. The highest BCUT2D eigenvalue weighted by Crippen LogP contribution is 2.36. The molecule has 2 aliphatic heterocycles. The molecule has 5 heterocycles. The lowest BCUT2D eigenvalue weighted by molar-refractivity contribution is 0.0792. The molecule has 206 valence electrons. The molecule has 9 nitrogen and oxygen atoms in total. The number of nitrogens with one attached hydrogen (secondary N) is 2. The Morgan fingerprint density at radius 1 is 0.850 bits per heavy atom. The highest BCUT2D eigenvalue weighted by molar-refractivity contribution is 6.16. The van der Waals surface area contributed by atoms with Crippen molar-refractivity contribution in [2.45, 2.75) is 63.2 Å². The van der Waals surface area contributed by atoms with E-state index in [9.17, 15) is 10.2 Å². The molecule has 3 aliphatic rings. The molecule has 0 atom stereocenters. The van der Waals surface area contributed by atoms with Crippen LogP contribution in [0.4, 0.5) is 5.69 Å². The van der Waals surface area contributed by atoms with Gasteiger partial charge < -0.3 is 20.5 Å². The smallest absolute Gasteiger partial charge is 0.157 e. The molecular weight excluding hydrogens is 502 g/mol. The Bertz CT molecular complexity index is 1550. The molecule has 0 radical (unpaired) electrons. The number of H-pyrrole nitrogens is 1. The first kappa shape index (κ1) is 25.3. The van der Waals surface area contributed by atoms with Crippen LogP contribution < -0.4 is 5.32 Å². The van der Waals surface area contributed by atoms with Crippen molar-refractivity contribution >= 4 is 22.4 Å². The maximum absolute atomic E-state index is 9.98. The molecule has 0 unspecified atom stereocenters. The average Bonchev–Trinajstić information content (AvgIpc) is 3.43. The quantitative estimate of drug-likeness (QED) is 0.301. The monoisotopic (exact) mass is 537 g/mol. The van der Waals surface area contributed by atoms with Gasteiger partial charge in [-0.05, 0) is 73.8 Å².